The molecule has 1 N–H and O–H groups in total. The van der Waals surface area contributed by atoms with Crippen molar-refractivity contribution in [1.82, 2.24) is 9.88 Å². The summed E-state index contributed by atoms with van der Waals surface area (Å²) in [5.41, 5.74) is 3.28. The summed E-state index contributed by atoms with van der Waals surface area (Å²) in [6.07, 6.45) is 8.70. The van der Waals surface area contributed by atoms with Crippen molar-refractivity contribution in [1.29, 1.82) is 0 Å². The van der Waals surface area contributed by atoms with Crippen LogP contribution in [0.5, 0.6) is 5.88 Å². The van der Waals surface area contributed by atoms with E-state index in [1.165, 1.54) is 7.11 Å². The molecule has 1 aromatic rings. The lowest BCUT2D eigenvalue weighted by molar-refractivity contribution is 0.0141. The number of likely N-dealkylation sites (N-methyl/N-ethyl adjacent to an activating group) is 1. The van der Waals surface area contributed by atoms with E-state index in [4.69, 9.17) is 9.47 Å². The fraction of sp³-hybridized carbons (Fsp3) is 0.522. The molecule has 8 heteroatoms. The summed E-state index contributed by atoms with van der Waals surface area (Å²) in [6.45, 7) is 7.61. The predicted octanol–water partition coefficient (Wildman–Crippen LogP) is 3.30. The van der Waals surface area contributed by atoms with Gasteiger partial charge in [-0.15, -0.1) is 0 Å². The van der Waals surface area contributed by atoms with E-state index in [1.807, 2.05) is 6.07 Å². The quantitative estimate of drug-likeness (QED) is 0.616. The molecule has 31 heavy (non-hydrogen) atoms. The van der Waals surface area contributed by atoms with Crippen molar-refractivity contribution in [2.24, 2.45) is 5.92 Å². The largest absolute Gasteiger partial charge is 0.479 e. The Balaban J connectivity index is 1.77. The van der Waals surface area contributed by atoms with Gasteiger partial charge in [0.25, 0.3) is 10.0 Å². The van der Waals surface area contributed by atoms with Gasteiger partial charge in [-0.1, -0.05) is 24.3 Å². The molecule has 7 nitrogen and oxygen atoms in total. The van der Waals surface area contributed by atoms with E-state index < -0.39 is 10.0 Å². The van der Waals surface area contributed by atoms with Crippen LogP contribution in [0.4, 0.5) is 5.69 Å². The highest BCUT2D eigenvalue weighted by Crippen LogP contribution is 2.35. The number of hydrogen-bond donors (Lipinski definition) is 1. The van der Waals surface area contributed by atoms with Crippen molar-refractivity contribution < 1.29 is 17.9 Å². The average Bonchev–Trinajstić information content (AvgIpc) is 2.88. The highest BCUT2D eigenvalue weighted by atomic mass is 32.2. The number of allylic oxidation sites excluding steroid dienone is 4. The fourth-order valence-corrected chi connectivity index (χ4v) is 5.00. The summed E-state index contributed by atoms with van der Waals surface area (Å²) >= 11 is 0. The van der Waals surface area contributed by atoms with E-state index in [0.29, 0.717) is 11.6 Å². The Hall–Kier alpha value is -2.16. The molecule has 1 aliphatic heterocycles. The second kappa shape index (κ2) is 9.97. The van der Waals surface area contributed by atoms with Crippen molar-refractivity contribution in [3.8, 4) is 5.88 Å². The first kappa shape index (κ1) is 23.5. The molecule has 2 aliphatic rings. The van der Waals surface area contributed by atoms with Gasteiger partial charge in [-0.25, -0.2) is 13.4 Å². The third-order valence-corrected chi connectivity index (χ3v) is 7.58. The maximum atomic E-state index is 13.1. The molecule has 170 valence electrons. The molecule has 1 saturated carbocycles. The first-order chi connectivity index (χ1) is 14.8. The monoisotopic (exact) mass is 447 g/mol. The Kier molecular flexibility index (Phi) is 7.56. The number of nitrogens with one attached hydrogen (secondary N) is 1. The summed E-state index contributed by atoms with van der Waals surface area (Å²) in [5, 5.41) is 0. The molecule has 1 aromatic heterocycles. The second-order valence-electron chi connectivity index (χ2n) is 8.19. The molecule has 3 rings (SSSR count). The first-order valence-corrected chi connectivity index (χ1v) is 12.1. The number of anilines is 1. The third-order valence-electron chi connectivity index (χ3n) is 6.10. The minimum atomic E-state index is -3.80. The van der Waals surface area contributed by atoms with Gasteiger partial charge in [0.15, 0.2) is 0 Å². The molecule has 2 heterocycles. The van der Waals surface area contributed by atoms with E-state index in [0.717, 1.165) is 55.6 Å². The molecule has 0 bridgehead atoms. The summed E-state index contributed by atoms with van der Waals surface area (Å²) in [4.78, 5) is 7.00. The Morgan fingerprint density at radius 2 is 1.97 bits per heavy atom. The van der Waals surface area contributed by atoms with Crippen molar-refractivity contribution in [3.05, 3.63) is 52.6 Å². The Bertz CT molecular complexity index is 979. The number of rotatable bonds is 8. The van der Waals surface area contributed by atoms with Gasteiger partial charge in [-0.3, -0.25) is 4.72 Å². The number of nitrogens with zero attached hydrogens (tertiary/aromatic N) is 2. The van der Waals surface area contributed by atoms with Crippen molar-refractivity contribution >= 4 is 15.7 Å². The van der Waals surface area contributed by atoms with Crippen LogP contribution >= 0.6 is 0 Å². The number of aromatic nitrogens is 1. The van der Waals surface area contributed by atoms with Crippen molar-refractivity contribution in [3.63, 3.8) is 0 Å². The van der Waals surface area contributed by atoms with Crippen LogP contribution in [0, 0.1) is 5.92 Å². The first-order valence-electron chi connectivity index (χ1n) is 10.6. The zero-order chi connectivity index (χ0) is 22.6. The van der Waals surface area contributed by atoms with Gasteiger partial charge in [0.05, 0.1) is 18.1 Å². The molecule has 0 saturated heterocycles. The van der Waals surface area contributed by atoms with Crippen LogP contribution in [0.2, 0.25) is 0 Å². The Morgan fingerprint density at radius 1 is 1.26 bits per heavy atom. The van der Waals surface area contributed by atoms with Crippen molar-refractivity contribution in [2.75, 3.05) is 39.1 Å². The van der Waals surface area contributed by atoms with Crippen LogP contribution in [0.3, 0.4) is 0 Å². The highest BCUT2D eigenvalue weighted by molar-refractivity contribution is 7.96. The molecule has 0 unspecified atom stereocenters. The molecule has 0 aromatic carbocycles. The van der Waals surface area contributed by atoms with Crippen LogP contribution < -0.4 is 9.46 Å². The van der Waals surface area contributed by atoms with E-state index in [2.05, 4.69) is 28.2 Å². The zero-order valence-electron chi connectivity index (χ0n) is 18.8. The molecular formula is C23H33N3O4S. The number of fused-ring (bicyclic) bond motifs is 1. The van der Waals surface area contributed by atoms with Crippen LogP contribution in [-0.4, -0.2) is 58.8 Å². The van der Waals surface area contributed by atoms with Crippen LogP contribution in [0.1, 0.15) is 31.0 Å². The van der Waals surface area contributed by atoms with Gasteiger partial charge < -0.3 is 14.4 Å². The number of hydrogen-bond acceptors (Lipinski definition) is 6. The second-order valence-corrected chi connectivity index (χ2v) is 9.87. The van der Waals surface area contributed by atoms with Gasteiger partial charge in [-0.2, -0.15) is 0 Å². The number of methoxy groups -OCH3 is 2. The lowest BCUT2D eigenvalue weighted by Gasteiger charge is -2.34. The summed E-state index contributed by atoms with van der Waals surface area (Å²) in [6, 6.07) is 1.85. The molecule has 0 spiro atoms. The number of sulfonamides is 1. The van der Waals surface area contributed by atoms with Crippen LogP contribution in [-0.2, 0) is 27.6 Å². The molecular weight excluding hydrogens is 414 g/mol. The van der Waals surface area contributed by atoms with E-state index >= 15 is 0 Å². The SMILES string of the molecule is C=C(/C=C\C(=C/C)S(=O)(=O)Nc1cc2c(nc1OC)CCN(C)CC2)C1CC(OC)C1. The maximum absolute atomic E-state index is 13.1. The highest BCUT2D eigenvalue weighted by Gasteiger charge is 2.30. The average molecular weight is 448 g/mol. The number of ether oxygens (including phenoxy) is 2. The van der Waals surface area contributed by atoms with E-state index in [1.54, 1.807) is 32.3 Å². The van der Waals surface area contributed by atoms with Gasteiger partial charge in [0.2, 0.25) is 5.88 Å². The zero-order valence-corrected chi connectivity index (χ0v) is 19.7. The van der Waals surface area contributed by atoms with Crippen molar-refractivity contribution in [2.45, 2.75) is 38.7 Å². The van der Waals surface area contributed by atoms with E-state index in [9.17, 15) is 8.42 Å². The smallest absolute Gasteiger partial charge is 0.261 e. The lowest BCUT2D eigenvalue weighted by Crippen LogP contribution is -2.30. The maximum Gasteiger partial charge on any atom is 0.261 e. The summed E-state index contributed by atoms with van der Waals surface area (Å²) in [5.74, 6) is 0.623. The normalized spacial score (nSPS) is 22.5. The van der Waals surface area contributed by atoms with E-state index in [-0.39, 0.29) is 16.9 Å². The minimum absolute atomic E-state index is 0.174. The predicted molar refractivity (Wildman–Crippen MR) is 124 cm³/mol. The minimum Gasteiger partial charge on any atom is -0.479 e. The molecule has 0 amide bonds. The molecule has 1 fully saturated rings. The lowest BCUT2D eigenvalue weighted by atomic mass is 9.77. The Morgan fingerprint density at radius 3 is 2.61 bits per heavy atom. The van der Waals surface area contributed by atoms with Gasteiger partial charge in [-0.05, 0) is 56.9 Å². The third kappa shape index (κ3) is 5.56. The van der Waals surface area contributed by atoms with Gasteiger partial charge in [0, 0.05) is 32.3 Å². The van der Waals surface area contributed by atoms with Gasteiger partial charge in [0.1, 0.15) is 5.69 Å². The van der Waals surface area contributed by atoms with Crippen LogP contribution in [0.25, 0.3) is 0 Å². The number of pyridine rings is 1. The molecule has 1 aliphatic carbocycles. The standard InChI is InChI=1S/C23H33N3O4S/c1-6-20(8-7-16(2)18-13-19(14-18)29-4)31(27,28)25-22-15-17-9-11-26(3)12-10-21(17)24-23(22)30-5/h6-8,15,18-19,25H,2,9-14H2,1,3-5H3/b8-7-,20-6+. The van der Waals surface area contributed by atoms with Gasteiger partial charge >= 0.3 is 0 Å². The molecule has 0 atom stereocenters. The van der Waals surface area contributed by atoms with Crippen LogP contribution in [0.15, 0.2) is 41.4 Å². The Labute approximate surface area is 185 Å². The fourth-order valence-electron chi connectivity index (χ4n) is 3.89. The topological polar surface area (TPSA) is 80.8 Å². The summed E-state index contributed by atoms with van der Waals surface area (Å²) < 4.78 is 39.5. The molecule has 0 radical (unpaired) electrons. The summed E-state index contributed by atoms with van der Waals surface area (Å²) in [7, 11) is 1.48.